The molecule has 10 heteroatoms. The molecule has 26 heavy (non-hydrogen) atoms. The van der Waals surface area contributed by atoms with Crippen molar-refractivity contribution in [2.75, 3.05) is 22.4 Å². The van der Waals surface area contributed by atoms with Crippen LogP contribution in [0.15, 0.2) is 46.9 Å². The van der Waals surface area contributed by atoms with Gasteiger partial charge in [-0.3, -0.25) is 19.2 Å². The van der Waals surface area contributed by atoms with Gasteiger partial charge in [0.25, 0.3) is 5.69 Å². The Morgan fingerprint density at radius 3 is 2.38 bits per heavy atom. The summed E-state index contributed by atoms with van der Waals surface area (Å²) in [5, 5.41) is 13.4. The highest BCUT2D eigenvalue weighted by atomic mass is 79.9. The zero-order valence-corrected chi connectivity index (χ0v) is 16.4. The van der Waals surface area contributed by atoms with Crippen LogP contribution in [0.1, 0.15) is 5.56 Å². The molecule has 138 valence electrons. The van der Waals surface area contributed by atoms with E-state index in [0.717, 1.165) is 15.0 Å². The molecule has 0 aromatic heterocycles. The highest BCUT2D eigenvalue weighted by Gasteiger charge is 2.21. The van der Waals surface area contributed by atoms with Gasteiger partial charge in [0.05, 0.1) is 22.6 Å². The summed E-state index contributed by atoms with van der Waals surface area (Å²) in [4.78, 5) is 22.7. The number of anilines is 2. The largest absolute Gasteiger partial charge is 0.324 e. The van der Waals surface area contributed by atoms with Crippen molar-refractivity contribution in [1.29, 1.82) is 0 Å². The van der Waals surface area contributed by atoms with Crippen molar-refractivity contribution in [3.8, 4) is 0 Å². The summed E-state index contributed by atoms with van der Waals surface area (Å²) in [6.07, 6.45) is 1.00. The Kier molecular flexibility index (Phi) is 5.98. The van der Waals surface area contributed by atoms with E-state index in [0.29, 0.717) is 11.3 Å². The number of amides is 1. The number of carbonyl (C=O) groups excluding carboxylic acids is 1. The van der Waals surface area contributed by atoms with Gasteiger partial charge in [0, 0.05) is 16.6 Å². The van der Waals surface area contributed by atoms with E-state index in [2.05, 4.69) is 21.2 Å². The predicted octanol–water partition coefficient (Wildman–Crippen LogP) is 3.07. The van der Waals surface area contributed by atoms with Crippen molar-refractivity contribution in [3.63, 3.8) is 0 Å². The van der Waals surface area contributed by atoms with E-state index in [1.807, 2.05) is 0 Å². The monoisotopic (exact) mass is 441 g/mol. The van der Waals surface area contributed by atoms with Gasteiger partial charge in [0.1, 0.15) is 6.54 Å². The summed E-state index contributed by atoms with van der Waals surface area (Å²) in [6.45, 7) is 1.23. The van der Waals surface area contributed by atoms with Crippen LogP contribution in [-0.2, 0) is 14.8 Å². The molecule has 0 unspecified atom stereocenters. The molecule has 0 saturated heterocycles. The van der Waals surface area contributed by atoms with Crippen LogP contribution in [0.2, 0.25) is 0 Å². The van der Waals surface area contributed by atoms with Gasteiger partial charge in [0.2, 0.25) is 15.9 Å². The fraction of sp³-hybridized carbons (Fsp3) is 0.188. The molecule has 0 aliphatic carbocycles. The first-order chi connectivity index (χ1) is 12.1. The minimum absolute atomic E-state index is 0.168. The van der Waals surface area contributed by atoms with Crippen LogP contribution in [-0.4, -0.2) is 32.0 Å². The van der Waals surface area contributed by atoms with Crippen molar-refractivity contribution in [2.24, 2.45) is 0 Å². The molecule has 0 fully saturated rings. The number of halogens is 1. The van der Waals surface area contributed by atoms with Gasteiger partial charge in [0.15, 0.2) is 0 Å². The Balaban J connectivity index is 2.24. The average molecular weight is 442 g/mol. The van der Waals surface area contributed by atoms with Gasteiger partial charge in [-0.2, -0.15) is 0 Å². The zero-order valence-electron chi connectivity index (χ0n) is 14.0. The maximum Gasteiger partial charge on any atom is 0.271 e. The number of benzene rings is 2. The summed E-state index contributed by atoms with van der Waals surface area (Å²) >= 11 is 3.26. The Labute approximate surface area is 159 Å². The van der Waals surface area contributed by atoms with Crippen LogP contribution in [0.25, 0.3) is 0 Å². The maximum absolute atomic E-state index is 12.3. The van der Waals surface area contributed by atoms with E-state index in [4.69, 9.17) is 0 Å². The molecular formula is C16H16BrN3O5S. The number of nitrogens with zero attached hydrogens (tertiary/aromatic N) is 2. The summed E-state index contributed by atoms with van der Waals surface area (Å²) in [7, 11) is -3.70. The second kappa shape index (κ2) is 7.83. The van der Waals surface area contributed by atoms with Gasteiger partial charge in [-0.1, -0.05) is 22.0 Å². The number of hydrogen-bond acceptors (Lipinski definition) is 5. The Morgan fingerprint density at radius 1 is 1.23 bits per heavy atom. The van der Waals surface area contributed by atoms with Gasteiger partial charge >= 0.3 is 0 Å². The van der Waals surface area contributed by atoms with Crippen LogP contribution in [0, 0.1) is 17.0 Å². The summed E-state index contributed by atoms with van der Waals surface area (Å²) in [5.41, 5.74) is 1.05. The van der Waals surface area contributed by atoms with E-state index in [1.54, 1.807) is 31.2 Å². The first-order valence-corrected chi connectivity index (χ1v) is 10.0. The van der Waals surface area contributed by atoms with Crippen LogP contribution in [0.5, 0.6) is 0 Å². The van der Waals surface area contributed by atoms with E-state index >= 15 is 0 Å². The van der Waals surface area contributed by atoms with Gasteiger partial charge < -0.3 is 5.32 Å². The number of sulfonamides is 1. The van der Waals surface area contributed by atoms with Crippen LogP contribution in [0.3, 0.4) is 0 Å². The molecule has 0 aliphatic heterocycles. The summed E-state index contributed by atoms with van der Waals surface area (Å²) < 4.78 is 25.8. The molecule has 2 aromatic carbocycles. The number of aryl methyl sites for hydroxylation is 1. The molecule has 1 N–H and O–H groups in total. The number of nitro groups is 1. The quantitative estimate of drug-likeness (QED) is 0.546. The fourth-order valence-electron chi connectivity index (χ4n) is 2.19. The highest BCUT2D eigenvalue weighted by molar-refractivity contribution is 9.10. The van der Waals surface area contributed by atoms with E-state index in [-0.39, 0.29) is 11.4 Å². The van der Waals surface area contributed by atoms with Crippen molar-refractivity contribution < 1.29 is 18.1 Å². The molecule has 2 aromatic rings. The lowest BCUT2D eigenvalue weighted by Gasteiger charge is -2.22. The molecular weight excluding hydrogens is 426 g/mol. The SMILES string of the molecule is Cc1ccc([N+](=O)[O-])cc1NC(=O)CN(c1ccc(Br)cc1)S(C)(=O)=O. The molecule has 0 radical (unpaired) electrons. The smallest absolute Gasteiger partial charge is 0.271 e. The highest BCUT2D eigenvalue weighted by Crippen LogP contribution is 2.23. The second-order valence-electron chi connectivity index (χ2n) is 5.55. The third-order valence-electron chi connectivity index (χ3n) is 3.51. The molecule has 0 spiro atoms. The molecule has 0 heterocycles. The first kappa shape index (κ1) is 19.9. The number of non-ortho nitro benzene ring substituents is 1. The predicted molar refractivity (Wildman–Crippen MR) is 103 cm³/mol. The lowest BCUT2D eigenvalue weighted by atomic mass is 10.2. The standard InChI is InChI=1S/C16H16BrN3O5S/c1-11-3-6-14(20(22)23)9-15(11)18-16(21)10-19(26(2,24)25)13-7-4-12(17)5-8-13/h3-9H,10H2,1-2H3,(H,18,21). The number of rotatable bonds is 6. The number of nitrogens with one attached hydrogen (secondary N) is 1. The minimum Gasteiger partial charge on any atom is -0.324 e. The van der Waals surface area contributed by atoms with E-state index in [9.17, 15) is 23.3 Å². The molecule has 0 aliphatic rings. The fourth-order valence-corrected chi connectivity index (χ4v) is 3.31. The molecule has 1 amide bonds. The van der Waals surface area contributed by atoms with Crippen molar-refractivity contribution >= 4 is 48.9 Å². The average Bonchev–Trinajstić information content (AvgIpc) is 2.54. The van der Waals surface area contributed by atoms with E-state index in [1.165, 1.54) is 18.2 Å². The number of carbonyl (C=O) groups is 1. The van der Waals surface area contributed by atoms with Crippen LogP contribution < -0.4 is 9.62 Å². The zero-order chi connectivity index (χ0) is 19.5. The molecule has 0 atom stereocenters. The van der Waals surface area contributed by atoms with Crippen LogP contribution >= 0.6 is 15.9 Å². The summed E-state index contributed by atoms with van der Waals surface area (Å²) in [6, 6.07) is 10.5. The Morgan fingerprint density at radius 2 is 1.85 bits per heavy atom. The molecule has 0 bridgehead atoms. The Bertz CT molecular complexity index is 945. The third-order valence-corrected chi connectivity index (χ3v) is 5.18. The lowest BCUT2D eigenvalue weighted by molar-refractivity contribution is -0.384. The van der Waals surface area contributed by atoms with Gasteiger partial charge in [-0.05, 0) is 36.8 Å². The lowest BCUT2D eigenvalue weighted by Crippen LogP contribution is -2.37. The van der Waals surface area contributed by atoms with Crippen molar-refractivity contribution in [3.05, 3.63) is 62.6 Å². The normalized spacial score (nSPS) is 11.0. The number of hydrogen-bond donors (Lipinski definition) is 1. The molecule has 2 rings (SSSR count). The van der Waals surface area contributed by atoms with Crippen molar-refractivity contribution in [1.82, 2.24) is 0 Å². The van der Waals surface area contributed by atoms with Gasteiger partial charge in [-0.15, -0.1) is 0 Å². The summed E-state index contributed by atoms with van der Waals surface area (Å²) in [5.74, 6) is -0.609. The first-order valence-electron chi connectivity index (χ1n) is 7.36. The number of nitro benzene ring substituents is 1. The van der Waals surface area contributed by atoms with Gasteiger partial charge in [-0.25, -0.2) is 8.42 Å². The van der Waals surface area contributed by atoms with E-state index < -0.39 is 27.4 Å². The molecule has 8 nitrogen and oxygen atoms in total. The van der Waals surface area contributed by atoms with Crippen molar-refractivity contribution in [2.45, 2.75) is 6.92 Å². The molecule has 0 saturated carbocycles. The minimum atomic E-state index is -3.70. The topological polar surface area (TPSA) is 110 Å². The van der Waals surface area contributed by atoms with Crippen LogP contribution in [0.4, 0.5) is 17.1 Å². The Hall–Kier alpha value is -2.46. The third kappa shape index (κ3) is 5.02. The second-order valence-corrected chi connectivity index (χ2v) is 8.37. The maximum atomic E-state index is 12.3.